The number of aryl methyl sites for hydroxylation is 2. The van der Waals surface area contributed by atoms with Crippen molar-refractivity contribution in [3.8, 4) is 11.3 Å². The molecule has 0 unspecified atom stereocenters. The summed E-state index contributed by atoms with van der Waals surface area (Å²) in [5.41, 5.74) is 2.12. The number of nitrogens with one attached hydrogen (secondary N) is 2. The highest BCUT2D eigenvalue weighted by atomic mass is 32.2. The minimum Gasteiger partial charge on any atom is -0.457 e. The van der Waals surface area contributed by atoms with Gasteiger partial charge in [-0.15, -0.1) is 0 Å². The van der Waals surface area contributed by atoms with E-state index in [2.05, 4.69) is 5.32 Å². The molecule has 7 nitrogen and oxygen atoms in total. The smallest absolute Gasteiger partial charge is 0.272 e. The van der Waals surface area contributed by atoms with Crippen LogP contribution < -0.4 is 5.32 Å². The topological polar surface area (TPSA) is 109 Å². The van der Waals surface area contributed by atoms with Crippen LogP contribution in [0.5, 0.6) is 0 Å². The summed E-state index contributed by atoms with van der Waals surface area (Å²) in [7, 11) is 0. The molecule has 2 aromatic rings. The number of hydrogen-bond acceptors (Lipinski definition) is 6. The Morgan fingerprint density at radius 2 is 2.04 bits per heavy atom. The second-order valence-electron chi connectivity index (χ2n) is 5.31. The lowest BCUT2D eigenvalue weighted by molar-refractivity contribution is -0.385. The van der Waals surface area contributed by atoms with Crippen molar-refractivity contribution in [3.05, 3.63) is 56.2 Å². The summed E-state index contributed by atoms with van der Waals surface area (Å²) in [6.07, 6.45) is 1.57. The summed E-state index contributed by atoms with van der Waals surface area (Å²) < 4.78 is 5.74. The molecule has 0 spiro atoms. The number of nitrogens with zero attached hydrogens (tertiary/aromatic N) is 1. The average Bonchev–Trinajstić information content (AvgIpc) is 3.08. The Balaban J connectivity index is 1.96. The third-order valence-electron chi connectivity index (χ3n) is 3.57. The quantitative estimate of drug-likeness (QED) is 0.502. The fourth-order valence-corrected chi connectivity index (χ4v) is 3.09. The van der Waals surface area contributed by atoms with Gasteiger partial charge in [0.25, 0.3) is 11.6 Å². The molecule has 1 fully saturated rings. The summed E-state index contributed by atoms with van der Waals surface area (Å²) in [6.45, 7) is 3.46. The van der Waals surface area contributed by atoms with Crippen LogP contribution in [0.1, 0.15) is 16.9 Å². The van der Waals surface area contributed by atoms with Crippen molar-refractivity contribution in [3.63, 3.8) is 0 Å². The van der Waals surface area contributed by atoms with Gasteiger partial charge < -0.3 is 9.73 Å². The Labute approximate surface area is 141 Å². The zero-order chi connectivity index (χ0) is 17.4. The van der Waals surface area contributed by atoms with Crippen molar-refractivity contribution < 1.29 is 14.1 Å². The fourth-order valence-electron chi connectivity index (χ4n) is 2.41. The van der Waals surface area contributed by atoms with Gasteiger partial charge in [-0.1, -0.05) is 0 Å². The molecule has 0 radical (unpaired) electrons. The molecule has 8 heteroatoms. The van der Waals surface area contributed by atoms with Crippen LogP contribution in [0, 0.1) is 29.4 Å². The van der Waals surface area contributed by atoms with E-state index < -0.39 is 4.92 Å². The summed E-state index contributed by atoms with van der Waals surface area (Å²) in [5, 5.41) is 20.9. The van der Waals surface area contributed by atoms with Crippen molar-refractivity contribution in [1.29, 1.82) is 5.41 Å². The molecule has 0 atom stereocenters. The number of thioether (sulfide) groups is 1. The van der Waals surface area contributed by atoms with Gasteiger partial charge in [0.1, 0.15) is 11.5 Å². The van der Waals surface area contributed by atoms with Gasteiger partial charge in [0.2, 0.25) is 0 Å². The fraction of sp³-hybridized carbons (Fsp3) is 0.125. The highest BCUT2D eigenvalue weighted by Gasteiger charge is 2.23. The normalized spacial score (nSPS) is 15.8. The second-order valence-corrected chi connectivity index (χ2v) is 6.36. The van der Waals surface area contributed by atoms with E-state index in [1.54, 1.807) is 38.1 Å². The molecule has 0 bridgehead atoms. The third kappa shape index (κ3) is 2.95. The van der Waals surface area contributed by atoms with E-state index in [4.69, 9.17) is 9.83 Å². The van der Waals surface area contributed by atoms with Crippen molar-refractivity contribution in [2.24, 2.45) is 0 Å². The van der Waals surface area contributed by atoms with Crippen LogP contribution in [0.2, 0.25) is 0 Å². The molecule has 0 aliphatic carbocycles. The highest BCUT2D eigenvalue weighted by Crippen LogP contribution is 2.32. The van der Waals surface area contributed by atoms with E-state index >= 15 is 0 Å². The maximum absolute atomic E-state index is 11.6. The second kappa shape index (κ2) is 5.97. The maximum atomic E-state index is 11.6. The molecule has 1 amide bonds. The number of carbonyl (C=O) groups is 1. The van der Waals surface area contributed by atoms with Gasteiger partial charge in [-0.05, 0) is 49.4 Å². The number of amides is 1. The zero-order valence-corrected chi connectivity index (χ0v) is 13.7. The molecule has 24 heavy (non-hydrogen) atoms. The number of benzene rings is 1. The number of furan rings is 1. The van der Waals surface area contributed by atoms with Gasteiger partial charge in [0.15, 0.2) is 5.17 Å². The van der Waals surface area contributed by atoms with Gasteiger partial charge in [-0.2, -0.15) is 0 Å². The maximum Gasteiger partial charge on any atom is 0.272 e. The van der Waals surface area contributed by atoms with Crippen LogP contribution in [0.15, 0.2) is 33.6 Å². The summed E-state index contributed by atoms with van der Waals surface area (Å²) in [5.74, 6) is 0.717. The first-order chi connectivity index (χ1) is 11.3. The van der Waals surface area contributed by atoms with Gasteiger partial charge in [0.05, 0.1) is 9.83 Å². The lowest BCUT2D eigenvalue weighted by atomic mass is 10.0. The van der Waals surface area contributed by atoms with Crippen LogP contribution in [0.3, 0.4) is 0 Å². The number of carbonyl (C=O) groups excluding carboxylic acids is 1. The molecule has 122 valence electrons. The Bertz CT molecular complexity index is 914. The van der Waals surface area contributed by atoms with Crippen molar-refractivity contribution in [2.45, 2.75) is 13.8 Å². The van der Waals surface area contributed by atoms with Gasteiger partial charge >= 0.3 is 0 Å². The first-order valence-corrected chi connectivity index (χ1v) is 7.82. The van der Waals surface area contributed by atoms with Gasteiger partial charge in [0, 0.05) is 23.3 Å². The predicted molar refractivity (Wildman–Crippen MR) is 91.7 cm³/mol. The Kier molecular flexibility index (Phi) is 3.98. The minimum absolute atomic E-state index is 0.0719. The van der Waals surface area contributed by atoms with E-state index in [-0.39, 0.29) is 16.8 Å². The molecule has 2 heterocycles. The molecule has 1 aliphatic heterocycles. The highest BCUT2D eigenvalue weighted by molar-refractivity contribution is 8.18. The lowest BCUT2D eigenvalue weighted by Crippen LogP contribution is -2.18. The average molecular weight is 343 g/mol. The number of amidine groups is 1. The number of nitro groups is 1. The van der Waals surface area contributed by atoms with Crippen LogP contribution in [-0.2, 0) is 4.79 Å². The molecule has 3 rings (SSSR count). The van der Waals surface area contributed by atoms with Gasteiger partial charge in [-0.25, -0.2) is 0 Å². The van der Waals surface area contributed by atoms with E-state index in [0.717, 1.165) is 22.9 Å². The minimum atomic E-state index is -0.408. The summed E-state index contributed by atoms with van der Waals surface area (Å²) in [4.78, 5) is 22.6. The van der Waals surface area contributed by atoms with Crippen LogP contribution in [0.25, 0.3) is 17.4 Å². The van der Waals surface area contributed by atoms with E-state index in [9.17, 15) is 14.9 Å². The molecule has 1 saturated heterocycles. The first-order valence-electron chi connectivity index (χ1n) is 7.00. The standard InChI is InChI=1S/C16H13N3O4S/c1-8-6-12(19(21)22)9(2)5-11(8)13-4-3-10(23-13)7-14-15(20)18-16(17)24-14/h3-7H,1-2H3,(H2,17,18,20). The molecule has 0 saturated carbocycles. The van der Waals surface area contributed by atoms with E-state index in [1.807, 2.05) is 0 Å². The monoisotopic (exact) mass is 343 g/mol. The SMILES string of the molecule is Cc1cc([N+](=O)[O-])c(C)cc1-c1ccc(C=C2SC(=N)NC2=O)o1. The van der Waals surface area contributed by atoms with E-state index in [1.165, 1.54) is 6.07 Å². The zero-order valence-electron chi connectivity index (χ0n) is 12.9. The molecule has 1 aliphatic rings. The molecule has 1 aromatic heterocycles. The molecule has 2 N–H and O–H groups in total. The van der Waals surface area contributed by atoms with E-state index in [0.29, 0.717) is 22.0 Å². The Hall–Kier alpha value is -2.87. The van der Waals surface area contributed by atoms with Crippen LogP contribution >= 0.6 is 11.8 Å². The Morgan fingerprint density at radius 1 is 1.29 bits per heavy atom. The predicted octanol–water partition coefficient (Wildman–Crippen LogP) is 3.61. The largest absolute Gasteiger partial charge is 0.457 e. The number of nitro benzene ring substituents is 1. The van der Waals surface area contributed by atoms with Crippen LogP contribution in [-0.4, -0.2) is 16.0 Å². The first kappa shape index (κ1) is 16.0. The number of hydrogen-bond donors (Lipinski definition) is 2. The summed E-state index contributed by atoms with van der Waals surface area (Å²) in [6, 6.07) is 6.71. The molecular formula is C16H13N3O4S. The third-order valence-corrected chi connectivity index (χ3v) is 4.40. The number of rotatable bonds is 3. The molecular weight excluding hydrogens is 330 g/mol. The van der Waals surface area contributed by atoms with Crippen molar-refractivity contribution >= 4 is 34.6 Å². The summed E-state index contributed by atoms with van der Waals surface area (Å²) >= 11 is 1.03. The lowest BCUT2D eigenvalue weighted by Gasteiger charge is -2.05. The van der Waals surface area contributed by atoms with Gasteiger partial charge in [-0.3, -0.25) is 20.3 Å². The van der Waals surface area contributed by atoms with Crippen LogP contribution in [0.4, 0.5) is 5.69 Å². The molecule has 1 aromatic carbocycles. The van der Waals surface area contributed by atoms with Crippen molar-refractivity contribution in [1.82, 2.24) is 5.32 Å². The van der Waals surface area contributed by atoms with Crippen molar-refractivity contribution in [2.75, 3.05) is 0 Å². The Morgan fingerprint density at radius 3 is 2.67 bits per heavy atom.